The molecule has 1 rings (SSSR count). The molecule has 0 aliphatic rings. The Morgan fingerprint density at radius 1 is 1.77 bits per heavy atom. The zero-order valence-corrected chi connectivity index (χ0v) is 7.60. The van der Waals surface area contributed by atoms with Crippen LogP contribution in [0, 0.1) is 5.92 Å². The Morgan fingerprint density at radius 3 is 3.00 bits per heavy atom. The van der Waals surface area contributed by atoms with E-state index in [0.29, 0.717) is 13.1 Å². The van der Waals surface area contributed by atoms with Gasteiger partial charge in [-0.15, -0.1) is 0 Å². The second-order valence-corrected chi connectivity index (χ2v) is 3.00. The summed E-state index contributed by atoms with van der Waals surface area (Å²) in [4.78, 5) is 14.8. The first kappa shape index (κ1) is 9.73. The van der Waals surface area contributed by atoms with Crippen molar-refractivity contribution in [3.63, 3.8) is 0 Å². The number of imidazole rings is 1. The van der Waals surface area contributed by atoms with E-state index in [-0.39, 0.29) is 11.8 Å². The molecule has 0 spiro atoms. The number of carbonyl (C=O) groups is 1. The van der Waals surface area contributed by atoms with E-state index in [1.807, 2.05) is 4.57 Å². The summed E-state index contributed by atoms with van der Waals surface area (Å²) in [6.07, 6.45) is 3.46. The van der Waals surface area contributed by atoms with Crippen LogP contribution in [0.3, 0.4) is 0 Å². The van der Waals surface area contributed by atoms with Gasteiger partial charge in [-0.1, -0.05) is 6.92 Å². The van der Waals surface area contributed by atoms with Gasteiger partial charge in [-0.05, 0) is 0 Å². The molecule has 0 aliphatic carbocycles. The topological polar surface area (TPSA) is 86.9 Å². The summed E-state index contributed by atoms with van der Waals surface area (Å²) in [5.41, 5.74) is 10.6. The van der Waals surface area contributed by atoms with Crippen LogP contribution in [0.2, 0.25) is 0 Å². The molecule has 0 aromatic carbocycles. The van der Waals surface area contributed by atoms with Crippen LogP contribution in [-0.4, -0.2) is 15.5 Å². The fourth-order valence-corrected chi connectivity index (χ4v) is 1.08. The van der Waals surface area contributed by atoms with Crippen LogP contribution in [0.25, 0.3) is 0 Å². The third kappa shape index (κ3) is 2.29. The lowest BCUT2D eigenvalue weighted by Gasteiger charge is -2.10. The molecule has 72 valence electrons. The van der Waals surface area contributed by atoms with Crippen molar-refractivity contribution in [3.05, 3.63) is 18.2 Å². The van der Waals surface area contributed by atoms with Gasteiger partial charge in [0.25, 0.3) is 0 Å². The first-order chi connectivity index (χ1) is 6.15. The minimum Gasteiger partial charge on any atom is -0.369 e. The van der Waals surface area contributed by atoms with Gasteiger partial charge in [-0.3, -0.25) is 4.79 Å². The third-order valence-corrected chi connectivity index (χ3v) is 1.94. The van der Waals surface area contributed by atoms with Crippen LogP contribution in [-0.2, 0) is 17.9 Å². The fraction of sp³-hybridized carbons (Fsp3) is 0.500. The average Bonchev–Trinajstić information content (AvgIpc) is 2.51. The minimum absolute atomic E-state index is 0.195. The number of carbonyl (C=O) groups excluding carboxylic acids is 1. The van der Waals surface area contributed by atoms with Crippen molar-refractivity contribution in [2.45, 2.75) is 20.0 Å². The molecule has 13 heavy (non-hydrogen) atoms. The predicted molar refractivity (Wildman–Crippen MR) is 48.5 cm³/mol. The fourth-order valence-electron chi connectivity index (χ4n) is 1.08. The second kappa shape index (κ2) is 4.04. The molecule has 0 saturated heterocycles. The van der Waals surface area contributed by atoms with Crippen LogP contribution < -0.4 is 11.5 Å². The standard InChI is InChI=1S/C8H14N4O/c1-6(8(10)13)5-12-3-2-11-7(12)4-9/h2-3,6H,4-5,9H2,1H3,(H2,10,13). The van der Waals surface area contributed by atoms with Crippen molar-refractivity contribution < 1.29 is 4.79 Å². The zero-order valence-electron chi connectivity index (χ0n) is 7.60. The van der Waals surface area contributed by atoms with E-state index in [9.17, 15) is 4.79 Å². The number of aromatic nitrogens is 2. The van der Waals surface area contributed by atoms with Crippen molar-refractivity contribution in [3.8, 4) is 0 Å². The van der Waals surface area contributed by atoms with E-state index in [4.69, 9.17) is 11.5 Å². The number of nitrogens with two attached hydrogens (primary N) is 2. The maximum Gasteiger partial charge on any atom is 0.222 e. The number of amides is 1. The van der Waals surface area contributed by atoms with Gasteiger partial charge in [0, 0.05) is 18.9 Å². The van der Waals surface area contributed by atoms with Crippen LogP contribution in [0.5, 0.6) is 0 Å². The van der Waals surface area contributed by atoms with Crippen molar-refractivity contribution in [1.29, 1.82) is 0 Å². The van der Waals surface area contributed by atoms with Gasteiger partial charge in [0.15, 0.2) is 0 Å². The third-order valence-electron chi connectivity index (χ3n) is 1.94. The Kier molecular flexibility index (Phi) is 3.02. The number of nitrogens with zero attached hydrogens (tertiary/aromatic N) is 2. The Morgan fingerprint density at radius 2 is 2.46 bits per heavy atom. The molecule has 0 fully saturated rings. The Bertz CT molecular complexity index is 294. The molecule has 0 aliphatic heterocycles. The van der Waals surface area contributed by atoms with E-state index in [2.05, 4.69) is 4.98 Å². The average molecular weight is 182 g/mol. The molecule has 0 radical (unpaired) electrons. The van der Waals surface area contributed by atoms with E-state index >= 15 is 0 Å². The Labute approximate surface area is 76.7 Å². The van der Waals surface area contributed by atoms with E-state index in [0.717, 1.165) is 5.82 Å². The molecule has 1 aromatic heterocycles. The smallest absolute Gasteiger partial charge is 0.222 e. The van der Waals surface area contributed by atoms with Crippen LogP contribution >= 0.6 is 0 Å². The van der Waals surface area contributed by atoms with Crippen molar-refractivity contribution >= 4 is 5.91 Å². The normalized spacial score (nSPS) is 12.8. The molecule has 1 aromatic rings. The first-order valence-corrected chi connectivity index (χ1v) is 4.14. The summed E-state index contributed by atoms with van der Waals surface area (Å²) in [7, 11) is 0. The molecule has 5 nitrogen and oxygen atoms in total. The highest BCUT2D eigenvalue weighted by Crippen LogP contribution is 2.03. The molecule has 0 bridgehead atoms. The van der Waals surface area contributed by atoms with Crippen molar-refractivity contribution in [2.24, 2.45) is 17.4 Å². The molecule has 0 saturated carbocycles. The Balaban J connectivity index is 2.68. The van der Waals surface area contributed by atoms with E-state index in [1.54, 1.807) is 19.3 Å². The highest BCUT2D eigenvalue weighted by molar-refractivity contribution is 5.76. The van der Waals surface area contributed by atoms with Crippen LogP contribution in [0.4, 0.5) is 0 Å². The van der Waals surface area contributed by atoms with Gasteiger partial charge >= 0.3 is 0 Å². The van der Waals surface area contributed by atoms with Gasteiger partial charge in [0.05, 0.1) is 12.5 Å². The number of primary amides is 1. The summed E-state index contributed by atoms with van der Waals surface area (Å²) in [5, 5.41) is 0. The Hall–Kier alpha value is -1.36. The number of hydrogen-bond donors (Lipinski definition) is 2. The van der Waals surface area contributed by atoms with Gasteiger partial charge in [-0.2, -0.15) is 0 Å². The number of rotatable bonds is 4. The van der Waals surface area contributed by atoms with Gasteiger partial charge in [0.1, 0.15) is 5.82 Å². The van der Waals surface area contributed by atoms with Gasteiger partial charge in [-0.25, -0.2) is 4.98 Å². The largest absolute Gasteiger partial charge is 0.369 e. The highest BCUT2D eigenvalue weighted by atomic mass is 16.1. The predicted octanol–water partition coefficient (Wildman–Crippen LogP) is -0.537. The zero-order chi connectivity index (χ0) is 9.84. The monoisotopic (exact) mass is 182 g/mol. The molecular formula is C8H14N4O. The molecule has 1 amide bonds. The molecule has 1 atom stereocenters. The lowest BCUT2D eigenvalue weighted by atomic mass is 10.2. The summed E-state index contributed by atoms with van der Waals surface area (Å²) in [5.74, 6) is 0.268. The molecule has 4 N–H and O–H groups in total. The van der Waals surface area contributed by atoms with E-state index in [1.165, 1.54) is 0 Å². The number of hydrogen-bond acceptors (Lipinski definition) is 3. The first-order valence-electron chi connectivity index (χ1n) is 4.14. The minimum atomic E-state index is -0.309. The maximum absolute atomic E-state index is 10.8. The van der Waals surface area contributed by atoms with Crippen LogP contribution in [0.15, 0.2) is 12.4 Å². The summed E-state index contributed by atoms with van der Waals surface area (Å²) < 4.78 is 1.84. The van der Waals surface area contributed by atoms with Gasteiger partial charge in [0.2, 0.25) is 5.91 Å². The summed E-state index contributed by atoms with van der Waals surface area (Å²) in [6.45, 7) is 2.70. The SMILES string of the molecule is CC(Cn1ccnc1CN)C(N)=O. The second-order valence-electron chi connectivity index (χ2n) is 3.00. The van der Waals surface area contributed by atoms with Gasteiger partial charge < -0.3 is 16.0 Å². The quantitative estimate of drug-likeness (QED) is 0.655. The highest BCUT2D eigenvalue weighted by Gasteiger charge is 2.10. The molecule has 5 heteroatoms. The maximum atomic E-state index is 10.8. The summed E-state index contributed by atoms with van der Waals surface area (Å²) in [6, 6.07) is 0. The molecule has 1 heterocycles. The lowest BCUT2D eigenvalue weighted by molar-refractivity contribution is -0.121. The van der Waals surface area contributed by atoms with Crippen molar-refractivity contribution in [1.82, 2.24) is 9.55 Å². The lowest BCUT2D eigenvalue weighted by Crippen LogP contribution is -2.25. The molecule has 1 unspecified atom stereocenters. The van der Waals surface area contributed by atoms with Crippen molar-refractivity contribution in [2.75, 3.05) is 0 Å². The van der Waals surface area contributed by atoms with Crippen LogP contribution in [0.1, 0.15) is 12.7 Å². The summed E-state index contributed by atoms with van der Waals surface area (Å²) >= 11 is 0. The van der Waals surface area contributed by atoms with E-state index < -0.39 is 0 Å². The molecular weight excluding hydrogens is 168 g/mol.